The van der Waals surface area contributed by atoms with E-state index in [-0.39, 0.29) is 5.41 Å². The van der Waals surface area contributed by atoms with E-state index in [1.54, 1.807) is 7.11 Å². The molecule has 0 radical (unpaired) electrons. The molecule has 3 nitrogen and oxygen atoms in total. The minimum absolute atomic E-state index is 0.289. The van der Waals surface area contributed by atoms with Crippen LogP contribution < -0.4 is 10.1 Å². The summed E-state index contributed by atoms with van der Waals surface area (Å²) in [4.78, 5) is 2.59. The number of halogens is 1. The third-order valence-corrected chi connectivity index (χ3v) is 4.58. The Morgan fingerprint density at radius 3 is 2.75 bits per heavy atom. The van der Waals surface area contributed by atoms with E-state index >= 15 is 0 Å². The summed E-state index contributed by atoms with van der Waals surface area (Å²) in [5.74, 6) is 0.890. The fourth-order valence-electron chi connectivity index (χ4n) is 2.83. The molecule has 1 aliphatic heterocycles. The molecule has 0 saturated carbocycles. The molecule has 1 saturated heterocycles. The van der Waals surface area contributed by atoms with Crippen molar-refractivity contribution in [2.45, 2.75) is 33.4 Å². The highest BCUT2D eigenvalue weighted by atomic mass is 79.9. The maximum atomic E-state index is 5.29. The zero-order valence-corrected chi connectivity index (χ0v) is 14.5. The van der Waals surface area contributed by atoms with Crippen molar-refractivity contribution in [1.29, 1.82) is 0 Å². The third kappa shape index (κ3) is 3.74. The molecule has 2 rings (SSSR count). The molecule has 1 aromatic rings. The Kier molecular flexibility index (Phi) is 5.10. The SMILES string of the molecule is COc1ccc(CN2CCNCC2C(C)(C)C)cc1Br. The van der Waals surface area contributed by atoms with Crippen molar-refractivity contribution in [3.05, 3.63) is 28.2 Å². The van der Waals surface area contributed by atoms with Crippen molar-refractivity contribution in [2.24, 2.45) is 5.41 Å². The van der Waals surface area contributed by atoms with Crippen LogP contribution in [0.1, 0.15) is 26.3 Å². The van der Waals surface area contributed by atoms with Crippen molar-refractivity contribution in [3.63, 3.8) is 0 Å². The Hall–Kier alpha value is -0.580. The first-order valence-corrected chi connectivity index (χ1v) is 7.98. The van der Waals surface area contributed by atoms with Crippen LogP contribution >= 0.6 is 15.9 Å². The minimum atomic E-state index is 0.289. The van der Waals surface area contributed by atoms with Gasteiger partial charge in [-0.1, -0.05) is 26.8 Å². The van der Waals surface area contributed by atoms with Gasteiger partial charge in [-0.2, -0.15) is 0 Å². The molecule has 1 unspecified atom stereocenters. The number of nitrogens with zero attached hydrogens (tertiary/aromatic N) is 1. The first-order valence-electron chi connectivity index (χ1n) is 7.19. The average Bonchev–Trinajstić information content (AvgIpc) is 2.38. The predicted molar refractivity (Wildman–Crippen MR) is 87.2 cm³/mol. The van der Waals surface area contributed by atoms with Gasteiger partial charge in [-0.3, -0.25) is 4.90 Å². The normalized spacial score (nSPS) is 20.9. The van der Waals surface area contributed by atoms with Crippen molar-refractivity contribution in [3.8, 4) is 5.75 Å². The number of piperazine rings is 1. The quantitative estimate of drug-likeness (QED) is 0.913. The lowest BCUT2D eigenvalue weighted by Crippen LogP contribution is -2.56. The van der Waals surface area contributed by atoms with E-state index in [9.17, 15) is 0 Å². The lowest BCUT2D eigenvalue weighted by molar-refractivity contribution is 0.0689. The van der Waals surface area contributed by atoms with E-state index in [1.807, 2.05) is 6.07 Å². The summed E-state index contributed by atoms with van der Waals surface area (Å²) in [5.41, 5.74) is 1.62. The van der Waals surface area contributed by atoms with Crippen LogP contribution in [0.25, 0.3) is 0 Å². The summed E-state index contributed by atoms with van der Waals surface area (Å²) in [6, 6.07) is 6.93. The topological polar surface area (TPSA) is 24.5 Å². The molecule has 112 valence electrons. The van der Waals surface area contributed by atoms with Crippen LogP contribution in [0.15, 0.2) is 22.7 Å². The second kappa shape index (κ2) is 6.46. The van der Waals surface area contributed by atoms with Gasteiger partial charge in [-0.05, 0) is 39.0 Å². The monoisotopic (exact) mass is 340 g/mol. The van der Waals surface area contributed by atoms with Gasteiger partial charge < -0.3 is 10.1 Å². The molecule has 1 aromatic carbocycles. The number of rotatable bonds is 3. The first kappa shape index (κ1) is 15.8. The molecule has 1 N–H and O–H groups in total. The molecular formula is C16H25BrN2O. The van der Waals surface area contributed by atoms with Crippen LogP contribution in [0.3, 0.4) is 0 Å². The van der Waals surface area contributed by atoms with Gasteiger partial charge >= 0.3 is 0 Å². The fourth-order valence-corrected chi connectivity index (χ4v) is 3.42. The van der Waals surface area contributed by atoms with E-state index in [2.05, 4.69) is 59.1 Å². The molecule has 0 spiro atoms. The number of methoxy groups -OCH3 is 1. The van der Waals surface area contributed by atoms with Gasteiger partial charge in [0.15, 0.2) is 0 Å². The summed E-state index contributed by atoms with van der Waals surface area (Å²) < 4.78 is 6.32. The number of ether oxygens (including phenoxy) is 1. The summed E-state index contributed by atoms with van der Waals surface area (Å²) >= 11 is 3.57. The lowest BCUT2D eigenvalue weighted by Gasteiger charge is -2.43. The summed E-state index contributed by atoms with van der Waals surface area (Å²) in [6.45, 7) is 11.2. The summed E-state index contributed by atoms with van der Waals surface area (Å²) in [5, 5.41) is 3.52. The van der Waals surface area contributed by atoms with Crippen LogP contribution in [0.2, 0.25) is 0 Å². The van der Waals surface area contributed by atoms with Gasteiger partial charge in [0.25, 0.3) is 0 Å². The van der Waals surface area contributed by atoms with E-state index in [1.165, 1.54) is 5.56 Å². The Labute approximate surface area is 130 Å². The standard InChI is InChI=1S/C16H25BrN2O/c1-16(2,3)15-10-18-7-8-19(15)11-12-5-6-14(20-4)13(17)9-12/h5-6,9,15,18H,7-8,10-11H2,1-4H3. The zero-order chi connectivity index (χ0) is 14.8. The second-order valence-electron chi connectivity index (χ2n) is 6.53. The Balaban J connectivity index is 2.12. The molecule has 0 aliphatic carbocycles. The highest BCUT2D eigenvalue weighted by molar-refractivity contribution is 9.10. The minimum Gasteiger partial charge on any atom is -0.496 e. The van der Waals surface area contributed by atoms with Crippen LogP contribution in [0.5, 0.6) is 5.75 Å². The van der Waals surface area contributed by atoms with Crippen molar-refractivity contribution in [2.75, 3.05) is 26.7 Å². The lowest BCUT2D eigenvalue weighted by atomic mass is 9.84. The number of nitrogens with one attached hydrogen (secondary N) is 1. The zero-order valence-electron chi connectivity index (χ0n) is 12.9. The van der Waals surface area contributed by atoms with Crippen molar-refractivity contribution in [1.82, 2.24) is 10.2 Å². The first-order chi connectivity index (χ1) is 9.41. The van der Waals surface area contributed by atoms with E-state index < -0.39 is 0 Å². The third-order valence-electron chi connectivity index (χ3n) is 3.96. The largest absolute Gasteiger partial charge is 0.496 e. The molecule has 0 amide bonds. The van der Waals surface area contributed by atoms with Gasteiger partial charge in [0.1, 0.15) is 5.75 Å². The summed E-state index contributed by atoms with van der Waals surface area (Å²) in [6.07, 6.45) is 0. The Morgan fingerprint density at radius 2 is 2.15 bits per heavy atom. The maximum absolute atomic E-state index is 5.29. The molecule has 1 aliphatic rings. The van der Waals surface area contributed by atoms with E-state index in [0.717, 1.165) is 36.4 Å². The fraction of sp³-hybridized carbons (Fsp3) is 0.625. The Morgan fingerprint density at radius 1 is 1.40 bits per heavy atom. The van der Waals surface area contributed by atoms with Crippen LogP contribution in [0.4, 0.5) is 0 Å². The molecular weight excluding hydrogens is 316 g/mol. The maximum Gasteiger partial charge on any atom is 0.133 e. The smallest absolute Gasteiger partial charge is 0.133 e. The highest BCUT2D eigenvalue weighted by Crippen LogP contribution is 2.29. The van der Waals surface area contributed by atoms with Crippen LogP contribution in [-0.2, 0) is 6.54 Å². The number of hydrogen-bond acceptors (Lipinski definition) is 3. The van der Waals surface area contributed by atoms with Gasteiger partial charge in [0.05, 0.1) is 11.6 Å². The highest BCUT2D eigenvalue weighted by Gasteiger charge is 2.32. The van der Waals surface area contributed by atoms with Gasteiger partial charge in [-0.25, -0.2) is 0 Å². The molecule has 20 heavy (non-hydrogen) atoms. The van der Waals surface area contributed by atoms with Crippen LogP contribution in [-0.4, -0.2) is 37.7 Å². The van der Waals surface area contributed by atoms with Gasteiger partial charge in [-0.15, -0.1) is 0 Å². The molecule has 1 fully saturated rings. The molecule has 4 heteroatoms. The van der Waals surface area contributed by atoms with E-state index in [4.69, 9.17) is 4.74 Å². The number of hydrogen-bond donors (Lipinski definition) is 1. The van der Waals surface area contributed by atoms with Crippen molar-refractivity contribution >= 4 is 15.9 Å². The summed E-state index contributed by atoms with van der Waals surface area (Å²) in [7, 11) is 1.70. The van der Waals surface area contributed by atoms with Crippen LogP contribution in [0, 0.1) is 5.41 Å². The predicted octanol–water partition coefficient (Wildman–Crippen LogP) is 3.28. The molecule has 1 atom stereocenters. The van der Waals surface area contributed by atoms with Gasteiger partial charge in [0.2, 0.25) is 0 Å². The number of benzene rings is 1. The molecule has 1 heterocycles. The van der Waals surface area contributed by atoms with Crippen molar-refractivity contribution < 1.29 is 4.74 Å². The molecule has 0 aromatic heterocycles. The molecule has 0 bridgehead atoms. The second-order valence-corrected chi connectivity index (χ2v) is 7.38. The van der Waals surface area contributed by atoms with E-state index in [0.29, 0.717) is 6.04 Å². The Bertz CT molecular complexity index is 456. The van der Waals surface area contributed by atoms with Gasteiger partial charge in [0, 0.05) is 32.2 Å². The average molecular weight is 341 g/mol.